The van der Waals surface area contributed by atoms with E-state index in [2.05, 4.69) is 30.3 Å². The van der Waals surface area contributed by atoms with Gasteiger partial charge in [-0.25, -0.2) is 0 Å². The average Bonchev–Trinajstić information content (AvgIpc) is 3.11. The van der Waals surface area contributed by atoms with Gasteiger partial charge >= 0.3 is 0 Å². The molecule has 0 amide bonds. The second kappa shape index (κ2) is 7.31. The Morgan fingerprint density at radius 3 is 2.11 bits per heavy atom. The first-order valence-corrected chi connectivity index (χ1v) is 10.2. The van der Waals surface area contributed by atoms with Crippen LogP contribution < -0.4 is 9.80 Å². The molecule has 0 saturated carbocycles. The predicted molar refractivity (Wildman–Crippen MR) is 122 cm³/mol. The predicted octanol–water partition coefficient (Wildman–Crippen LogP) is 7.06. The molecule has 1 N–H and O–H groups in total. The average molecular weight is 453 g/mol. The first-order chi connectivity index (χ1) is 13.3. The second-order valence-electron chi connectivity index (χ2n) is 6.84. The molecule has 0 atom stereocenters. The SMILES string of the molecule is CN(C(=N)N(C)c1ccc2c3c(cccc13)CC2)c1c(Cl)c(Cl)cc(Cl)c1Cl. The van der Waals surface area contributed by atoms with Gasteiger partial charge in [0.25, 0.3) is 0 Å². The Labute approximate surface area is 183 Å². The number of aryl methyl sites for hydroxylation is 2. The lowest BCUT2D eigenvalue weighted by molar-refractivity contribution is 1.02. The van der Waals surface area contributed by atoms with Crippen molar-refractivity contribution in [3.8, 4) is 0 Å². The topological polar surface area (TPSA) is 30.3 Å². The third-order valence-electron chi connectivity index (χ3n) is 5.27. The van der Waals surface area contributed by atoms with Crippen LogP contribution in [-0.2, 0) is 12.8 Å². The lowest BCUT2D eigenvalue weighted by Crippen LogP contribution is -2.40. The van der Waals surface area contributed by atoms with E-state index < -0.39 is 0 Å². The molecule has 28 heavy (non-hydrogen) atoms. The van der Waals surface area contributed by atoms with Crippen molar-refractivity contribution in [2.45, 2.75) is 12.8 Å². The molecule has 0 aliphatic heterocycles. The van der Waals surface area contributed by atoms with E-state index in [0.29, 0.717) is 15.7 Å². The van der Waals surface area contributed by atoms with E-state index in [1.807, 2.05) is 11.9 Å². The van der Waals surface area contributed by atoms with Crippen LogP contribution in [0.4, 0.5) is 11.4 Å². The molecule has 0 unspecified atom stereocenters. The van der Waals surface area contributed by atoms with Crippen molar-refractivity contribution in [1.82, 2.24) is 0 Å². The zero-order valence-corrected chi connectivity index (χ0v) is 18.3. The van der Waals surface area contributed by atoms with Gasteiger partial charge in [-0.15, -0.1) is 0 Å². The molecule has 1 aliphatic rings. The van der Waals surface area contributed by atoms with Crippen LogP contribution in [0.2, 0.25) is 20.1 Å². The van der Waals surface area contributed by atoms with E-state index in [1.54, 1.807) is 11.9 Å². The number of benzene rings is 3. The van der Waals surface area contributed by atoms with Gasteiger partial charge in [-0.1, -0.05) is 70.7 Å². The molecule has 144 valence electrons. The van der Waals surface area contributed by atoms with Crippen LogP contribution in [0.1, 0.15) is 11.1 Å². The molecule has 0 spiro atoms. The molecule has 0 heterocycles. The van der Waals surface area contributed by atoms with Crippen LogP contribution in [0.3, 0.4) is 0 Å². The van der Waals surface area contributed by atoms with Gasteiger partial charge in [-0.3, -0.25) is 5.41 Å². The quantitative estimate of drug-likeness (QED) is 0.256. The van der Waals surface area contributed by atoms with Crippen LogP contribution in [-0.4, -0.2) is 20.1 Å². The summed E-state index contributed by atoms with van der Waals surface area (Å²) in [5.74, 6) is 0.195. The summed E-state index contributed by atoms with van der Waals surface area (Å²) in [5.41, 5.74) is 4.06. The summed E-state index contributed by atoms with van der Waals surface area (Å²) in [6.07, 6.45) is 2.12. The first-order valence-electron chi connectivity index (χ1n) is 8.73. The summed E-state index contributed by atoms with van der Waals surface area (Å²) < 4.78 is 0. The minimum absolute atomic E-state index is 0.195. The Balaban J connectivity index is 1.77. The lowest BCUT2D eigenvalue weighted by atomic mass is 10.0. The Kier molecular flexibility index (Phi) is 5.13. The summed E-state index contributed by atoms with van der Waals surface area (Å²) in [7, 11) is 3.57. The minimum atomic E-state index is 0.195. The van der Waals surface area contributed by atoms with Crippen LogP contribution in [0.15, 0.2) is 36.4 Å². The number of nitrogens with zero attached hydrogens (tertiary/aromatic N) is 2. The summed E-state index contributed by atoms with van der Waals surface area (Å²) in [5, 5.41) is 12.3. The second-order valence-corrected chi connectivity index (χ2v) is 8.41. The highest BCUT2D eigenvalue weighted by molar-refractivity contribution is 6.50. The monoisotopic (exact) mass is 451 g/mol. The van der Waals surface area contributed by atoms with Gasteiger partial charge in [0.1, 0.15) is 0 Å². The largest absolute Gasteiger partial charge is 0.315 e. The standard InChI is InChI=1S/C21H17Cl4N3/c1-27(16-9-8-12-7-6-11-4-3-5-13(16)17(11)12)21(26)28(2)20-18(24)14(22)10-15(23)19(20)25/h3-5,8-10,26H,6-7H2,1-2H3. The third kappa shape index (κ3) is 3.02. The lowest BCUT2D eigenvalue weighted by Gasteiger charge is -2.30. The van der Waals surface area contributed by atoms with Gasteiger partial charge in [0, 0.05) is 19.5 Å². The van der Waals surface area contributed by atoms with E-state index in [4.69, 9.17) is 51.8 Å². The highest BCUT2D eigenvalue weighted by Gasteiger charge is 2.24. The summed E-state index contributed by atoms with van der Waals surface area (Å²) in [4.78, 5) is 3.40. The van der Waals surface area contributed by atoms with Crippen molar-refractivity contribution in [3.05, 3.63) is 67.6 Å². The van der Waals surface area contributed by atoms with Gasteiger partial charge in [0.05, 0.1) is 31.5 Å². The fourth-order valence-electron chi connectivity index (χ4n) is 3.82. The normalized spacial score (nSPS) is 12.5. The van der Waals surface area contributed by atoms with E-state index in [1.165, 1.54) is 22.6 Å². The van der Waals surface area contributed by atoms with Crippen LogP contribution in [0.5, 0.6) is 0 Å². The minimum Gasteiger partial charge on any atom is -0.315 e. The molecule has 3 aromatic rings. The van der Waals surface area contributed by atoms with Gasteiger partial charge in [0.15, 0.2) is 0 Å². The highest BCUT2D eigenvalue weighted by atomic mass is 35.5. The maximum Gasteiger partial charge on any atom is 0.202 e. The maximum absolute atomic E-state index is 8.76. The molecule has 0 saturated heterocycles. The van der Waals surface area contributed by atoms with Gasteiger partial charge in [-0.2, -0.15) is 0 Å². The molecule has 0 bridgehead atoms. The van der Waals surface area contributed by atoms with Crippen LogP contribution >= 0.6 is 46.4 Å². The molecular formula is C21H17Cl4N3. The molecule has 0 radical (unpaired) electrons. The Hall–Kier alpha value is -1.65. The summed E-state index contributed by atoms with van der Waals surface area (Å²) >= 11 is 25.1. The third-order valence-corrected chi connectivity index (χ3v) is 6.83. The molecule has 1 aliphatic carbocycles. The van der Waals surface area contributed by atoms with Crippen molar-refractivity contribution >= 4 is 74.5 Å². The Bertz CT molecular complexity index is 1090. The molecule has 0 aromatic heterocycles. The fourth-order valence-corrected chi connectivity index (χ4v) is 4.88. The number of nitrogens with one attached hydrogen (secondary N) is 1. The van der Waals surface area contributed by atoms with E-state index in [-0.39, 0.29) is 16.0 Å². The molecule has 3 aromatic carbocycles. The van der Waals surface area contributed by atoms with Crippen molar-refractivity contribution in [3.63, 3.8) is 0 Å². The van der Waals surface area contributed by atoms with Crippen molar-refractivity contribution in [2.24, 2.45) is 0 Å². The van der Waals surface area contributed by atoms with Gasteiger partial charge in [0.2, 0.25) is 5.96 Å². The number of rotatable bonds is 2. The zero-order chi connectivity index (χ0) is 20.2. The molecular weight excluding hydrogens is 436 g/mol. The van der Waals surface area contributed by atoms with Crippen LogP contribution in [0.25, 0.3) is 10.8 Å². The fraction of sp³-hybridized carbons (Fsp3) is 0.190. The Morgan fingerprint density at radius 2 is 1.46 bits per heavy atom. The smallest absolute Gasteiger partial charge is 0.202 e. The van der Waals surface area contributed by atoms with E-state index >= 15 is 0 Å². The molecule has 3 nitrogen and oxygen atoms in total. The molecule has 4 rings (SSSR count). The first kappa shape index (κ1) is 19.7. The van der Waals surface area contributed by atoms with Crippen molar-refractivity contribution in [2.75, 3.05) is 23.9 Å². The van der Waals surface area contributed by atoms with Crippen molar-refractivity contribution in [1.29, 1.82) is 5.41 Å². The van der Waals surface area contributed by atoms with Crippen LogP contribution in [0, 0.1) is 5.41 Å². The Morgan fingerprint density at radius 1 is 0.857 bits per heavy atom. The number of guanidine groups is 1. The highest BCUT2D eigenvalue weighted by Crippen LogP contribution is 2.43. The number of hydrogen-bond acceptors (Lipinski definition) is 1. The number of hydrogen-bond donors (Lipinski definition) is 1. The number of halogens is 4. The van der Waals surface area contributed by atoms with Gasteiger partial charge in [-0.05, 0) is 41.5 Å². The molecule has 7 heteroatoms. The van der Waals surface area contributed by atoms with E-state index in [0.717, 1.165) is 23.9 Å². The number of anilines is 2. The van der Waals surface area contributed by atoms with Crippen molar-refractivity contribution < 1.29 is 0 Å². The van der Waals surface area contributed by atoms with E-state index in [9.17, 15) is 0 Å². The maximum atomic E-state index is 8.76. The van der Waals surface area contributed by atoms with Gasteiger partial charge < -0.3 is 9.80 Å². The molecule has 0 fully saturated rings. The zero-order valence-electron chi connectivity index (χ0n) is 15.3. The summed E-state index contributed by atoms with van der Waals surface area (Å²) in [6, 6.07) is 12.1. The summed E-state index contributed by atoms with van der Waals surface area (Å²) in [6.45, 7) is 0.